The molecule has 1 aromatic carbocycles. The van der Waals surface area contributed by atoms with Gasteiger partial charge in [0.05, 0.1) is 0 Å². The van der Waals surface area contributed by atoms with Gasteiger partial charge in [-0.05, 0) is 63.3 Å². The smallest absolute Gasteiger partial charge is 0.133 e. The Bertz CT molecular complexity index is 669. The lowest BCUT2D eigenvalue weighted by molar-refractivity contribution is 0.456. The standard InChI is InChI=1S/C22H32N2/c1-8-13-22(6,7)24(20-11-9-17(4)14-18(20)5)21-12-10-19(15-23-21)16(2)3/h9-12,14-16H,8,13H2,1-7H3. The highest BCUT2D eigenvalue weighted by atomic mass is 15.2. The van der Waals surface area contributed by atoms with Crippen molar-refractivity contribution in [2.75, 3.05) is 4.90 Å². The van der Waals surface area contributed by atoms with Gasteiger partial charge in [-0.15, -0.1) is 0 Å². The molecule has 0 spiro atoms. The molecule has 130 valence electrons. The Morgan fingerprint density at radius 1 is 1.08 bits per heavy atom. The molecule has 0 aliphatic carbocycles. The van der Waals surface area contributed by atoms with Crippen LogP contribution in [-0.2, 0) is 0 Å². The zero-order valence-corrected chi connectivity index (χ0v) is 16.4. The highest BCUT2D eigenvalue weighted by Gasteiger charge is 2.29. The molecule has 0 atom stereocenters. The van der Waals surface area contributed by atoms with Gasteiger partial charge in [0.25, 0.3) is 0 Å². The van der Waals surface area contributed by atoms with Gasteiger partial charge in [-0.3, -0.25) is 0 Å². The average Bonchev–Trinajstić information content (AvgIpc) is 2.50. The fraction of sp³-hybridized carbons (Fsp3) is 0.500. The molecule has 2 nitrogen and oxygen atoms in total. The minimum absolute atomic E-state index is 0.0150. The summed E-state index contributed by atoms with van der Waals surface area (Å²) in [6.45, 7) is 15.6. The number of hydrogen-bond donors (Lipinski definition) is 0. The van der Waals surface area contributed by atoms with Crippen molar-refractivity contribution in [1.29, 1.82) is 0 Å². The van der Waals surface area contributed by atoms with Gasteiger partial charge in [-0.2, -0.15) is 0 Å². The van der Waals surface area contributed by atoms with Crippen LogP contribution >= 0.6 is 0 Å². The third-order valence-electron chi connectivity index (χ3n) is 4.73. The molecular weight excluding hydrogens is 292 g/mol. The van der Waals surface area contributed by atoms with Crippen LogP contribution in [0.3, 0.4) is 0 Å². The normalized spacial score (nSPS) is 11.8. The van der Waals surface area contributed by atoms with E-state index in [1.54, 1.807) is 0 Å². The highest BCUT2D eigenvalue weighted by Crippen LogP contribution is 2.37. The Morgan fingerprint density at radius 3 is 2.29 bits per heavy atom. The van der Waals surface area contributed by atoms with E-state index in [9.17, 15) is 0 Å². The summed E-state index contributed by atoms with van der Waals surface area (Å²) in [5.41, 5.74) is 5.15. The number of hydrogen-bond acceptors (Lipinski definition) is 2. The summed E-state index contributed by atoms with van der Waals surface area (Å²) >= 11 is 0. The van der Waals surface area contributed by atoms with Crippen LogP contribution in [0.15, 0.2) is 36.5 Å². The minimum Gasteiger partial charge on any atom is -0.321 e. The van der Waals surface area contributed by atoms with E-state index in [4.69, 9.17) is 4.98 Å². The predicted molar refractivity (Wildman–Crippen MR) is 105 cm³/mol. The molecule has 0 unspecified atom stereocenters. The van der Waals surface area contributed by atoms with Gasteiger partial charge >= 0.3 is 0 Å². The van der Waals surface area contributed by atoms with Crippen molar-refractivity contribution >= 4 is 11.5 Å². The topological polar surface area (TPSA) is 16.1 Å². The number of aromatic nitrogens is 1. The number of pyridine rings is 1. The zero-order valence-electron chi connectivity index (χ0n) is 16.4. The van der Waals surface area contributed by atoms with Crippen molar-refractivity contribution in [3.8, 4) is 0 Å². The number of anilines is 2. The summed E-state index contributed by atoms with van der Waals surface area (Å²) in [6.07, 6.45) is 4.30. The number of benzene rings is 1. The lowest BCUT2D eigenvalue weighted by Crippen LogP contribution is -2.41. The van der Waals surface area contributed by atoms with Gasteiger partial charge in [-0.1, -0.05) is 51.0 Å². The molecule has 2 rings (SSSR count). The number of nitrogens with zero attached hydrogens (tertiary/aromatic N) is 2. The minimum atomic E-state index is 0.0150. The van der Waals surface area contributed by atoms with Gasteiger partial charge in [0.15, 0.2) is 0 Å². The molecule has 0 N–H and O–H groups in total. The Hall–Kier alpha value is -1.83. The molecule has 1 aromatic heterocycles. The van der Waals surface area contributed by atoms with Gasteiger partial charge in [0.2, 0.25) is 0 Å². The van der Waals surface area contributed by atoms with Crippen LogP contribution in [-0.4, -0.2) is 10.5 Å². The summed E-state index contributed by atoms with van der Waals surface area (Å²) < 4.78 is 0. The van der Waals surface area contributed by atoms with E-state index in [-0.39, 0.29) is 5.54 Å². The quantitative estimate of drug-likeness (QED) is 0.600. The second kappa shape index (κ2) is 7.38. The molecule has 2 aromatic rings. The Kier molecular flexibility index (Phi) is 5.69. The Labute approximate surface area is 147 Å². The van der Waals surface area contributed by atoms with Crippen molar-refractivity contribution in [2.24, 2.45) is 0 Å². The van der Waals surface area contributed by atoms with E-state index in [1.165, 1.54) is 22.4 Å². The van der Waals surface area contributed by atoms with Crippen LogP contribution in [0.25, 0.3) is 0 Å². The maximum Gasteiger partial charge on any atom is 0.133 e. The fourth-order valence-corrected chi connectivity index (χ4v) is 3.41. The van der Waals surface area contributed by atoms with Crippen LogP contribution in [0.1, 0.15) is 70.1 Å². The predicted octanol–water partition coefficient (Wildman–Crippen LogP) is 6.54. The summed E-state index contributed by atoms with van der Waals surface area (Å²) in [5.74, 6) is 1.54. The molecule has 0 bridgehead atoms. The zero-order chi connectivity index (χ0) is 17.9. The number of aryl methyl sites for hydroxylation is 2. The summed E-state index contributed by atoms with van der Waals surface area (Å²) in [5, 5.41) is 0. The summed E-state index contributed by atoms with van der Waals surface area (Å²) in [6, 6.07) is 11.1. The van der Waals surface area contributed by atoms with Crippen molar-refractivity contribution < 1.29 is 0 Å². The largest absolute Gasteiger partial charge is 0.321 e. The molecule has 0 aliphatic rings. The molecule has 24 heavy (non-hydrogen) atoms. The van der Waals surface area contributed by atoms with E-state index in [0.29, 0.717) is 5.92 Å². The lowest BCUT2D eigenvalue weighted by Gasteiger charge is -2.40. The van der Waals surface area contributed by atoms with E-state index in [2.05, 4.69) is 83.7 Å². The second-order valence-electron chi connectivity index (χ2n) is 7.79. The molecule has 0 fully saturated rings. The first-order chi connectivity index (χ1) is 11.3. The third kappa shape index (κ3) is 3.98. The van der Waals surface area contributed by atoms with Gasteiger partial charge in [-0.25, -0.2) is 4.98 Å². The van der Waals surface area contributed by atoms with Crippen LogP contribution in [0.2, 0.25) is 0 Å². The average molecular weight is 325 g/mol. The van der Waals surface area contributed by atoms with Gasteiger partial charge in [0, 0.05) is 17.4 Å². The van der Waals surface area contributed by atoms with E-state index >= 15 is 0 Å². The fourth-order valence-electron chi connectivity index (χ4n) is 3.41. The molecule has 2 heteroatoms. The molecule has 0 radical (unpaired) electrons. The highest BCUT2D eigenvalue weighted by molar-refractivity contribution is 5.66. The molecule has 0 amide bonds. The first-order valence-corrected chi connectivity index (χ1v) is 9.09. The van der Waals surface area contributed by atoms with Crippen molar-refractivity contribution in [1.82, 2.24) is 4.98 Å². The summed E-state index contributed by atoms with van der Waals surface area (Å²) in [4.78, 5) is 7.23. The lowest BCUT2D eigenvalue weighted by atomic mass is 9.94. The monoisotopic (exact) mass is 324 g/mol. The number of rotatable bonds is 6. The van der Waals surface area contributed by atoms with E-state index < -0.39 is 0 Å². The van der Waals surface area contributed by atoms with Crippen LogP contribution in [0.5, 0.6) is 0 Å². The Balaban J connectivity index is 2.54. The summed E-state index contributed by atoms with van der Waals surface area (Å²) in [7, 11) is 0. The van der Waals surface area contributed by atoms with E-state index in [1.807, 2.05) is 6.20 Å². The van der Waals surface area contributed by atoms with Crippen molar-refractivity contribution in [3.05, 3.63) is 53.2 Å². The molecule has 0 saturated carbocycles. The Morgan fingerprint density at radius 2 is 1.79 bits per heavy atom. The van der Waals surface area contributed by atoms with Crippen LogP contribution in [0, 0.1) is 13.8 Å². The van der Waals surface area contributed by atoms with E-state index in [0.717, 1.165) is 18.7 Å². The third-order valence-corrected chi connectivity index (χ3v) is 4.73. The maximum absolute atomic E-state index is 4.81. The first-order valence-electron chi connectivity index (χ1n) is 9.09. The second-order valence-corrected chi connectivity index (χ2v) is 7.79. The van der Waals surface area contributed by atoms with Crippen molar-refractivity contribution in [3.63, 3.8) is 0 Å². The molecule has 0 saturated heterocycles. The molecular formula is C22H32N2. The van der Waals surface area contributed by atoms with Crippen LogP contribution in [0.4, 0.5) is 11.5 Å². The van der Waals surface area contributed by atoms with Crippen molar-refractivity contribution in [2.45, 2.75) is 72.8 Å². The first kappa shape index (κ1) is 18.5. The van der Waals surface area contributed by atoms with Gasteiger partial charge < -0.3 is 4.90 Å². The maximum atomic E-state index is 4.81. The van der Waals surface area contributed by atoms with Gasteiger partial charge in [0.1, 0.15) is 5.82 Å². The molecule has 0 aliphatic heterocycles. The molecule has 1 heterocycles. The van der Waals surface area contributed by atoms with Crippen LogP contribution < -0.4 is 4.90 Å². The SMILES string of the molecule is CCCC(C)(C)N(c1ccc(C(C)C)cn1)c1ccc(C)cc1C.